The largest absolute Gasteiger partial charge is 0.383 e. The van der Waals surface area contributed by atoms with Crippen molar-refractivity contribution >= 4 is 31.2 Å². The molecule has 0 saturated carbocycles. The highest BCUT2D eigenvalue weighted by atomic mass is 32.2. The van der Waals surface area contributed by atoms with E-state index in [-0.39, 0.29) is 15.6 Å². The predicted octanol–water partition coefficient (Wildman–Crippen LogP) is 1.53. The molecule has 0 unspecified atom stereocenters. The van der Waals surface area contributed by atoms with E-state index < -0.39 is 19.7 Å². The predicted molar refractivity (Wildman–Crippen MR) is 89.5 cm³/mol. The van der Waals surface area contributed by atoms with Crippen LogP contribution in [0.1, 0.15) is 5.56 Å². The molecular formula is C15H16N2O4S2. The number of aliphatic imine (C=N–C) groups is 1. The molecule has 0 fully saturated rings. The molecule has 8 heteroatoms. The second kappa shape index (κ2) is 6.13. The fraction of sp³-hybridized carbons (Fsp3) is 0.133. The summed E-state index contributed by atoms with van der Waals surface area (Å²) >= 11 is 0. The molecule has 2 N–H and O–H groups in total. The monoisotopic (exact) mass is 352 g/mol. The Balaban J connectivity index is 2.29. The second-order valence-corrected chi connectivity index (χ2v) is 9.09. The number of nitrogens with zero attached hydrogens (tertiary/aromatic N) is 1. The van der Waals surface area contributed by atoms with Crippen molar-refractivity contribution in [1.82, 2.24) is 0 Å². The molecule has 6 nitrogen and oxygen atoms in total. The van der Waals surface area contributed by atoms with Crippen molar-refractivity contribution in [2.24, 2.45) is 10.7 Å². The SMILES string of the molecule is CS(=O)(=O)c1ccc(N=C(N)c2ccc(S(C)(=O)=O)cc2)cc1. The van der Waals surface area contributed by atoms with Gasteiger partial charge in [0.15, 0.2) is 19.7 Å². The Kier molecular flexibility index (Phi) is 4.58. The number of hydrogen-bond acceptors (Lipinski definition) is 5. The van der Waals surface area contributed by atoms with Crippen LogP contribution in [0.4, 0.5) is 5.69 Å². The van der Waals surface area contributed by atoms with E-state index in [1.54, 1.807) is 24.3 Å². The number of rotatable bonds is 4. The molecule has 0 heterocycles. The van der Waals surface area contributed by atoms with Crippen molar-refractivity contribution in [2.75, 3.05) is 12.5 Å². The minimum absolute atomic E-state index is 0.201. The minimum Gasteiger partial charge on any atom is -0.383 e. The topological polar surface area (TPSA) is 107 Å². The number of hydrogen-bond donors (Lipinski definition) is 1. The third-order valence-corrected chi connectivity index (χ3v) is 5.35. The Morgan fingerprint density at radius 3 is 1.57 bits per heavy atom. The van der Waals surface area contributed by atoms with E-state index >= 15 is 0 Å². The van der Waals surface area contributed by atoms with Crippen LogP contribution >= 0.6 is 0 Å². The van der Waals surface area contributed by atoms with Gasteiger partial charge in [-0.15, -0.1) is 0 Å². The standard InChI is InChI=1S/C15H16N2O4S2/c1-22(18,19)13-7-3-11(4-8-13)15(16)17-12-5-9-14(10-6-12)23(2,20)21/h3-10H,1-2H3,(H2,16,17). The summed E-state index contributed by atoms with van der Waals surface area (Å²) < 4.78 is 45.6. The van der Waals surface area contributed by atoms with Crippen molar-refractivity contribution in [3.05, 3.63) is 54.1 Å². The summed E-state index contributed by atoms with van der Waals surface area (Å²) in [6.07, 6.45) is 2.26. The number of sulfone groups is 2. The van der Waals surface area contributed by atoms with Gasteiger partial charge in [0.05, 0.1) is 15.5 Å². The fourth-order valence-electron chi connectivity index (χ4n) is 1.84. The molecular weight excluding hydrogens is 336 g/mol. The highest BCUT2D eigenvalue weighted by molar-refractivity contribution is 7.91. The Bertz CT molecular complexity index is 944. The number of amidine groups is 1. The number of nitrogens with two attached hydrogens (primary N) is 1. The molecule has 0 aliphatic heterocycles. The summed E-state index contributed by atoms with van der Waals surface area (Å²) in [5.41, 5.74) is 6.97. The lowest BCUT2D eigenvalue weighted by Gasteiger charge is -2.04. The molecule has 0 radical (unpaired) electrons. The van der Waals surface area contributed by atoms with Crippen molar-refractivity contribution in [3.63, 3.8) is 0 Å². The van der Waals surface area contributed by atoms with Crippen LogP contribution in [0.3, 0.4) is 0 Å². The molecule has 0 aromatic heterocycles. The minimum atomic E-state index is -3.26. The quantitative estimate of drug-likeness (QED) is 0.663. The van der Waals surface area contributed by atoms with Crippen LogP contribution in [-0.2, 0) is 19.7 Å². The van der Waals surface area contributed by atoms with E-state index in [1.807, 2.05) is 0 Å². The molecule has 122 valence electrons. The normalized spacial score (nSPS) is 13.0. The Labute approximate surface area is 135 Å². The average Bonchev–Trinajstić information content (AvgIpc) is 2.46. The van der Waals surface area contributed by atoms with E-state index in [0.29, 0.717) is 11.3 Å². The van der Waals surface area contributed by atoms with Crippen molar-refractivity contribution in [1.29, 1.82) is 0 Å². The molecule has 0 amide bonds. The zero-order valence-electron chi connectivity index (χ0n) is 12.6. The maximum Gasteiger partial charge on any atom is 0.175 e. The molecule has 2 aromatic carbocycles. The van der Waals surface area contributed by atoms with Crippen LogP contribution in [0.5, 0.6) is 0 Å². The third kappa shape index (κ3) is 4.40. The Morgan fingerprint density at radius 1 is 0.783 bits per heavy atom. The molecule has 0 saturated heterocycles. The van der Waals surface area contributed by atoms with Gasteiger partial charge < -0.3 is 5.73 Å². The second-order valence-electron chi connectivity index (χ2n) is 5.06. The summed E-state index contributed by atoms with van der Waals surface area (Å²) in [5.74, 6) is 0.206. The maximum atomic E-state index is 11.4. The first kappa shape index (κ1) is 17.2. The third-order valence-electron chi connectivity index (χ3n) is 3.09. The summed E-state index contributed by atoms with van der Waals surface area (Å²) in [7, 11) is -6.52. The molecule has 0 aliphatic rings. The number of benzene rings is 2. The van der Waals surface area contributed by atoms with Crippen molar-refractivity contribution in [2.45, 2.75) is 9.79 Å². The molecule has 23 heavy (non-hydrogen) atoms. The summed E-state index contributed by atoms with van der Waals surface area (Å²) in [6, 6.07) is 12.1. The van der Waals surface area contributed by atoms with Crippen LogP contribution in [0.2, 0.25) is 0 Å². The van der Waals surface area contributed by atoms with E-state index in [2.05, 4.69) is 4.99 Å². The molecule has 0 atom stereocenters. The summed E-state index contributed by atoms with van der Waals surface area (Å²) in [5, 5.41) is 0. The Morgan fingerprint density at radius 2 is 1.17 bits per heavy atom. The van der Waals surface area contributed by atoms with E-state index in [1.165, 1.54) is 24.3 Å². The van der Waals surface area contributed by atoms with Gasteiger partial charge in [0.1, 0.15) is 5.84 Å². The first-order chi connectivity index (χ1) is 10.6. The zero-order valence-corrected chi connectivity index (χ0v) is 14.2. The highest BCUT2D eigenvalue weighted by Crippen LogP contribution is 2.18. The van der Waals surface area contributed by atoms with Crippen LogP contribution in [-0.4, -0.2) is 35.2 Å². The molecule has 0 aliphatic carbocycles. The van der Waals surface area contributed by atoms with Crippen LogP contribution < -0.4 is 5.73 Å². The maximum absolute atomic E-state index is 11.4. The van der Waals surface area contributed by atoms with E-state index in [4.69, 9.17) is 5.73 Å². The molecule has 0 bridgehead atoms. The summed E-state index contributed by atoms with van der Waals surface area (Å²) in [6.45, 7) is 0. The smallest absolute Gasteiger partial charge is 0.175 e. The average molecular weight is 352 g/mol. The van der Waals surface area contributed by atoms with Gasteiger partial charge in [-0.3, -0.25) is 0 Å². The van der Waals surface area contributed by atoms with E-state index in [9.17, 15) is 16.8 Å². The lowest BCUT2D eigenvalue weighted by Crippen LogP contribution is -2.13. The van der Waals surface area contributed by atoms with Crippen molar-refractivity contribution < 1.29 is 16.8 Å². The van der Waals surface area contributed by atoms with Crippen molar-refractivity contribution in [3.8, 4) is 0 Å². The van der Waals surface area contributed by atoms with Crippen LogP contribution in [0, 0.1) is 0 Å². The zero-order chi connectivity index (χ0) is 17.3. The van der Waals surface area contributed by atoms with Crippen LogP contribution in [0.15, 0.2) is 63.3 Å². The van der Waals surface area contributed by atoms with Crippen LogP contribution in [0.25, 0.3) is 0 Å². The van der Waals surface area contributed by atoms with E-state index in [0.717, 1.165) is 12.5 Å². The van der Waals surface area contributed by atoms with Gasteiger partial charge in [0.25, 0.3) is 0 Å². The van der Waals surface area contributed by atoms with Gasteiger partial charge in [0.2, 0.25) is 0 Å². The first-order valence-corrected chi connectivity index (χ1v) is 10.3. The van der Waals surface area contributed by atoms with Gasteiger partial charge in [-0.2, -0.15) is 0 Å². The fourth-order valence-corrected chi connectivity index (χ4v) is 3.11. The lowest BCUT2D eigenvalue weighted by molar-refractivity contribution is 0.600. The summed E-state index contributed by atoms with van der Waals surface area (Å²) in [4.78, 5) is 4.60. The van der Waals surface area contributed by atoms with Gasteiger partial charge in [-0.1, -0.05) is 0 Å². The van der Waals surface area contributed by atoms with Gasteiger partial charge in [-0.25, -0.2) is 21.8 Å². The first-order valence-electron chi connectivity index (χ1n) is 6.52. The lowest BCUT2D eigenvalue weighted by atomic mass is 10.2. The van der Waals surface area contributed by atoms with Gasteiger partial charge in [0, 0.05) is 18.1 Å². The molecule has 2 aromatic rings. The highest BCUT2D eigenvalue weighted by Gasteiger charge is 2.08. The molecule has 2 rings (SSSR count). The molecule has 0 spiro atoms. The van der Waals surface area contributed by atoms with Gasteiger partial charge in [-0.05, 0) is 48.5 Å². The Hall–Kier alpha value is -2.19. The van der Waals surface area contributed by atoms with Gasteiger partial charge >= 0.3 is 0 Å².